The van der Waals surface area contributed by atoms with Gasteiger partial charge in [0, 0.05) is 38.0 Å². The number of benzene rings is 1. The minimum atomic E-state index is -0.339. The molecule has 2 amide bonds. The van der Waals surface area contributed by atoms with Crippen LogP contribution in [0.25, 0.3) is 0 Å². The molecule has 26 heavy (non-hydrogen) atoms. The van der Waals surface area contributed by atoms with Crippen LogP contribution in [0.2, 0.25) is 0 Å². The molecule has 2 aliphatic rings. The van der Waals surface area contributed by atoms with Crippen LogP contribution in [0.3, 0.4) is 0 Å². The number of piperidine rings is 1. The van der Waals surface area contributed by atoms with Gasteiger partial charge in [0.1, 0.15) is 0 Å². The molecule has 1 atom stereocenters. The average molecular weight is 356 g/mol. The molecule has 2 aliphatic heterocycles. The van der Waals surface area contributed by atoms with Crippen LogP contribution in [-0.4, -0.2) is 53.1 Å². The second-order valence-electron chi connectivity index (χ2n) is 7.65. The van der Waals surface area contributed by atoms with E-state index >= 15 is 0 Å². The van der Waals surface area contributed by atoms with E-state index in [2.05, 4.69) is 0 Å². The van der Waals surface area contributed by atoms with Crippen LogP contribution >= 0.6 is 0 Å². The molecule has 0 aromatic heterocycles. The maximum atomic E-state index is 13.1. The Hall–Kier alpha value is -2.17. The first-order valence-electron chi connectivity index (χ1n) is 9.56. The molecule has 2 fully saturated rings. The number of carbonyl (C=O) groups is 3. The van der Waals surface area contributed by atoms with Crippen LogP contribution in [0.1, 0.15) is 54.1 Å². The monoisotopic (exact) mass is 356 g/mol. The van der Waals surface area contributed by atoms with Gasteiger partial charge < -0.3 is 9.80 Å². The van der Waals surface area contributed by atoms with Gasteiger partial charge in [0.2, 0.25) is 11.8 Å². The fourth-order valence-electron chi connectivity index (χ4n) is 4.16. The fourth-order valence-corrected chi connectivity index (χ4v) is 4.16. The minimum absolute atomic E-state index is 0.0678. The number of ketones is 1. The van der Waals surface area contributed by atoms with Gasteiger partial charge in [-0.2, -0.15) is 0 Å². The molecule has 0 radical (unpaired) electrons. The summed E-state index contributed by atoms with van der Waals surface area (Å²) in [7, 11) is 0. The van der Waals surface area contributed by atoms with Crippen molar-refractivity contribution in [3.63, 3.8) is 0 Å². The number of hydrogen-bond acceptors (Lipinski definition) is 3. The lowest BCUT2D eigenvalue weighted by atomic mass is 9.93. The lowest BCUT2D eigenvalue weighted by molar-refractivity contribution is -0.140. The normalized spacial score (nSPS) is 21.1. The van der Waals surface area contributed by atoms with Crippen molar-refractivity contribution in [2.24, 2.45) is 5.92 Å². The highest BCUT2D eigenvalue weighted by atomic mass is 16.2. The first kappa shape index (κ1) is 18.6. The van der Waals surface area contributed by atoms with Crippen LogP contribution in [0.5, 0.6) is 0 Å². The summed E-state index contributed by atoms with van der Waals surface area (Å²) in [5.74, 6) is 0.158. The smallest absolute Gasteiger partial charge is 0.226 e. The number of nitrogens with zero attached hydrogens (tertiary/aromatic N) is 2. The quantitative estimate of drug-likeness (QED) is 0.783. The largest absolute Gasteiger partial charge is 0.343 e. The maximum absolute atomic E-state index is 13.1. The molecule has 0 spiro atoms. The Balaban J connectivity index is 1.72. The van der Waals surface area contributed by atoms with Crippen molar-refractivity contribution < 1.29 is 14.4 Å². The highest BCUT2D eigenvalue weighted by molar-refractivity contribution is 6.03. The molecular weight excluding hydrogens is 328 g/mol. The van der Waals surface area contributed by atoms with Gasteiger partial charge in [-0.15, -0.1) is 0 Å². The molecule has 3 rings (SSSR count). The fraction of sp³-hybridized carbons (Fsp3) is 0.571. The van der Waals surface area contributed by atoms with E-state index in [9.17, 15) is 14.4 Å². The Kier molecular flexibility index (Phi) is 5.44. The number of amides is 2. The van der Waals surface area contributed by atoms with Gasteiger partial charge in [0.15, 0.2) is 5.78 Å². The second kappa shape index (κ2) is 7.60. The molecule has 1 unspecified atom stereocenters. The Bertz CT molecular complexity index is 720. The van der Waals surface area contributed by atoms with Crippen molar-refractivity contribution in [1.82, 2.24) is 9.80 Å². The van der Waals surface area contributed by atoms with Crippen molar-refractivity contribution in [2.75, 3.05) is 19.6 Å². The van der Waals surface area contributed by atoms with Crippen molar-refractivity contribution in [3.8, 4) is 0 Å². The topological polar surface area (TPSA) is 57.7 Å². The third-order valence-electron chi connectivity index (χ3n) is 5.79. The molecule has 0 saturated carbocycles. The van der Waals surface area contributed by atoms with Crippen LogP contribution in [0.15, 0.2) is 18.2 Å². The summed E-state index contributed by atoms with van der Waals surface area (Å²) in [5.41, 5.74) is 2.77. The highest BCUT2D eigenvalue weighted by Crippen LogP contribution is 2.28. The summed E-state index contributed by atoms with van der Waals surface area (Å²) >= 11 is 0. The summed E-state index contributed by atoms with van der Waals surface area (Å²) < 4.78 is 0. The lowest BCUT2D eigenvalue weighted by Crippen LogP contribution is -2.47. The molecule has 1 aromatic carbocycles. The zero-order valence-electron chi connectivity index (χ0n) is 16.0. The highest BCUT2D eigenvalue weighted by Gasteiger charge is 2.38. The Morgan fingerprint density at radius 1 is 1.00 bits per heavy atom. The van der Waals surface area contributed by atoms with Gasteiger partial charge in [-0.25, -0.2) is 0 Å². The first-order valence-corrected chi connectivity index (χ1v) is 9.56. The Morgan fingerprint density at radius 2 is 1.69 bits per heavy atom. The number of likely N-dealkylation sites (tertiary alicyclic amines) is 2. The van der Waals surface area contributed by atoms with Crippen LogP contribution in [0, 0.1) is 19.8 Å². The Labute approximate surface area is 155 Å². The minimum Gasteiger partial charge on any atom is -0.343 e. The number of hydrogen-bond donors (Lipinski definition) is 0. The first-order chi connectivity index (χ1) is 12.4. The van der Waals surface area contributed by atoms with Crippen molar-refractivity contribution in [1.29, 1.82) is 0 Å². The molecule has 0 N–H and O–H groups in total. The predicted octanol–water partition coefficient (Wildman–Crippen LogP) is 2.74. The van der Waals surface area contributed by atoms with Crippen LogP contribution in [-0.2, 0) is 9.59 Å². The summed E-state index contributed by atoms with van der Waals surface area (Å²) in [6.07, 6.45) is 3.00. The zero-order valence-corrected chi connectivity index (χ0v) is 16.0. The van der Waals surface area contributed by atoms with E-state index in [1.54, 1.807) is 16.7 Å². The van der Waals surface area contributed by atoms with Gasteiger partial charge in [0.25, 0.3) is 0 Å². The molecule has 1 aromatic rings. The van der Waals surface area contributed by atoms with Gasteiger partial charge >= 0.3 is 0 Å². The molecule has 2 heterocycles. The van der Waals surface area contributed by atoms with Crippen LogP contribution in [0.4, 0.5) is 0 Å². The molecular formula is C21H28N2O3. The number of Topliss-reactive ketones (excluding diaryl/α,β-unsaturated/α-hetero) is 1. The van der Waals surface area contributed by atoms with E-state index in [1.165, 1.54) is 0 Å². The standard InChI is InChI=1S/C21H28N2O3/c1-14-6-7-15(2)18(13-14)20(25)19-5-4-10-23(19)21(26)17-8-11-22(12-9-17)16(3)24/h6-7,13,17,19H,4-5,8-12H2,1-3H3. The van der Waals surface area contributed by atoms with E-state index in [4.69, 9.17) is 0 Å². The summed E-state index contributed by atoms with van der Waals surface area (Å²) in [4.78, 5) is 41.2. The number of aryl methyl sites for hydroxylation is 2. The van der Waals surface area contributed by atoms with Crippen LogP contribution < -0.4 is 0 Å². The molecule has 5 nitrogen and oxygen atoms in total. The van der Waals surface area contributed by atoms with Crippen molar-refractivity contribution >= 4 is 17.6 Å². The van der Waals surface area contributed by atoms with Gasteiger partial charge in [-0.3, -0.25) is 14.4 Å². The van der Waals surface area contributed by atoms with E-state index in [-0.39, 0.29) is 29.6 Å². The molecule has 2 saturated heterocycles. The molecule has 140 valence electrons. The van der Waals surface area contributed by atoms with Gasteiger partial charge in [0.05, 0.1) is 6.04 Å². The summed E-state index contributed by atoms with van der Waals surface area (Å²) in [6, 6.07) is 5.58. The average Bonchev–Trinajstić information content (AvgIpc) is 3.12. The summed E-state index contributed by atoms with van der Waals surface area (Å²) in [5, 5.41) is 0. The van der Waals surface area contributed by atoms with E-state index in [0.717, 1.165) is 29.5 Å². The molecule has 0 aliphatic carbocycles. The Morgan fingerprint density at radius 3 is 2.35 bits per heavy atom. The lowest BCUT2D eigenvalue weighted by Gasteiger charge is -2.34. The third-order valence-corrected chi connectivity index (χ3v) is 5.79. The molecule has 5 heteroatoms. The number of carbonyl (C=O) groups excluding carboxylic acids is 3. The van der Waals surface area contributed by atoms with E-state index in [0.29, 0.717) is 32.5 Å². The molecule has 0 bridgehead atoms. The SMILES string of the molecule is CC(=O)N1CCC(C(=O)N2CCCC2C(=O)c2cc(C)ccc2C)CC1. The van der Waals surface area contributed by atoms with E-state index in [1.807, 2.05) is 32.0 Å². The third kappa shape index (κ3) is 3.67. The number of rotatable bonds is 3. The second-order valence-corrected chi connectivity index (χ2v) is 7.65. The van der Waals surface area contributed by atoms with Gasteiger partial charge in [-0.05, 0) is 51.2 Å². The van der Waals surface area contributed by atoms with Gasteiger partial charge in [-0.1, -0.05) is 17.7 Å². The summed E-state index contributed by atoms with van der Waals surface area (Å²) in [6.45, 7) is 7.43. The van der Waals surface area contributed by atoms with Crippen molar-refractivity contribution in [2.45, 2.75) is 52.5 Å². The zero-order chi connectivity index (χ0) is 18.8. The predicted molar refractivity (Wildman–Crippen MR) is 100.0 cm³/mol. The van der Waals surface area contributed by atoms with E-state index < -0.39 is 0 Å². The van der Waals surface area contributed by atoms with Crippen molar-refractivity contribution in [3.05, 3.63) is 34.9 Å². The maximum Gasteiger partial charge on any atom is 0.226 e.